The number of hydrogen-bond acceptors (Lipinski definition) is 1. The van der Waals surface area contributed by atoms with Gasteiger partial charge in [0.1, 0.15) is 0 Å². The maximum absolute atomic E-state index is 8.29. The first-order valence-electron chi connectivity index (χ1n) is 3.02. The van der Waals surface area contributed by atoms with Gasteiger partial charge in [-0.2, -0.15) is 0 Å². The topological polar surface area (TPSA) is 20.2 Å². The van der Waals surface area contributed by atoms with E-state index in [1.807, 2.05) is 0 Å². The van der Waals surface area contributed by atoms with Gasteiger partial charge in [0.2, 0.25) is 0 Å². The zero-order valence-electron chi connectivity index (χ0n) is 5.48. The van der Waals surface area contributed by atoms with E-state index in [9.17, 15) is 0 Å². The molecule has 0 bridgehead atoms. The summed E-state index contributed by atoms with van der Waals surface area (Å²) in [6.45, 7) is 2.53. The third kappa shape index (κ3) is 10.3. The van der Waals surface area contributed by atoms with Crippen LogP contribution in [0, 0.1) is 40.8 Å². The van der Waals surface area contributed by atoms with Crippen molar-refractivity contribution in [1.29, 1.82) is 0 Å². The molecule has 0 aromatic heterocycles. The average molecular weight is 246 g/mol. The Morgan fingerprint density at radius 3 is 2.12 bits per heavy atom. The quantitative estimate of drug-likeness (QED) is 0.747. The van der Waals surface area contributed by atoms with Gasteiger partial charge in [-0.3, -0.25) is 0 Å². The standard InChI is InChI=1S/C6H14O.Nd/c1-2-3-4-5-6-7;/h7H,2-6H2,1H3;. The van der Waals surface area contributed by atoms with Crippen molar-refractivity contribution in [3.8, 4) is 0 Å². The molecule has 0 atom stereocenters. The van der Waals surface area contributed by atoms with Crippen molar-refractivity contribution in [3.05, 3.63) is 0 Å². The SMILES string of the molecule is CCCCCCO.[Nd]. The van der Waals surface area contributed by atoms with Gasteiger partial charge in [0.15, 0.2) is 0 Å². The van der Waals surface area contributed by atoms with Crippen molar-refractivity contribution in [1.82, 2.24) is 0 Å². The Kier molecular flexibility index (Phi) is 16.8. The minimum Gasteiger partial charge on any atom is -0.396 e. The molecule has 0 spiro atoms. The summed E-state index contributed by atoms with van der Waals surface area (Å²) < 4.78 is 0. The molecule has 0 aliphatic rings. The van der Waals surface area contributed by atoms with Crippen molar-refractivity contribution in [2.45, 2.75) is 32.6 Å². The first kappa shape index (κ1) is 12.0. The first-order chi connectivity index (χ1) is 3.41. The fourth-order valence-electron chi connectivity index (χ4n) is 0.539. The molecule has 0 aliphatic heterocycles. The number of rotatable bonds is 4. The van der Waals surface area contributed by atoms with Gasteiger partial charge < -0.3 is 5.11 Å². The fourth-order valence-corrected chi connectivity index (χ4v) is 0.539. The Balaban J connectivity index is 0. The van der Waals surface area contributed by atoms with Crippen LogP contribution in [0.15, 0.2) is 0 Å². The normalized spacial score (nSPS) is 8.25. The maximum Gasteiger partial charge on any atom is 0.0431 e. The summed E-state index contributed by atoms with van der Waals surface area (Å²) in [5.41, 5.74) is 0. The Bertz CT molecular complexity index is 27.7. The number of aliphatic hydroxyl groups excluding tert-OH is 1. The molecule has 0 aliphatic carbocycles. The van der Waals surface area contributed by atoms with Crippen LogP contribution in [0.4, 0.5) is 0 Å². The molecule has 0 unspecified atom stereocenters. The van der Waals surface area contributed by atoms with Crippen molar-refractivity contribution < 1.29 is 45.9 Å². The van der Waals surface area contributed by atoms with Crippen LogP contribution in [0.1, 0.15) is 32.6 Å². The van der Waals surface area contributed by atoms with E-state index in [4.69, 9.17) is 5.11 Å². The summed E-state index contributed by atoms with van der Waals surface area (Å²) in [6, 6.07) is 0. The van der Waals surface area contributed by atoms with Gasteiger partial charge in [0.05, 0.1) is 0 Å². The molecule has 0 fully saturated rings. The van der Waals surface area contributed by atoms with Gasteiger partial charge in [-0.1, -0.05) is 26.2 Å². The number of hydrogen-bond donors (Lipinski definition) is 1. The van der Waals surface area contributed by atoms with Gasteiger partial charge in [-0.15, -0.1) is 0 Å². The molecule has 48 valence electrons. The van der Waals surface area contributed by atoms with Crippen LogP contribution in [0.2, 0.25) is 0 Å². The third-order valence-corrected chi connectivity index (χ3v) is 1.01. The minimum absolute atomic E-state index is 0. The maximum atomic E-state index is 8.29. The smallest absolute Gasteiger partial charge is 0.0431 e. The molecule has 0 saturated carbocycles. The second kappa shape index (κ2) is 11.2. The molecule has 1 nitrogen and oxygen atoms in total. The summed E-state index contributed by atoms with van der Waals surface area (Å²) in [4.78, 5) is 0. The van der Waals surface area contributed by atoms with E-state index in [1.54, 1.807) is 0 Å². The van der Waals surface area contributed by atoms with E-state index in [2.05, 4.69) is 6.92 Å². The van der Waals surface area contributed by atoms with Crippen molar-refractivity contribution in [2.24, 2.45) is 0 Å². The van der Waals surface area contributed by atoms with E-state index in [0.29, 0.717) is 6.61 Å². The third-order valence-electron chi connectivity index (χ3n) is 1.01. The van der Waals surface area contributed by atoms with E-state index in [0.717, 1.165) is 6.42 Å². The molecule has 0 heterocycles. The molecule has 8 heavy (non-hydrogen) atoms. The van der Waals surface area contributed by atoms with Crippen molar-refractivity contribution in [3.63, 3.8) is 0 Å². The zero-order valence-corrected chi connectivity index (χ0v) is 8.69. The van der Waals surface area contributed by atoms with Crippen molar-refractivity contribution in [2.75, 3.05) is 6.61 Å². The van der Waals surface area contributed by atoms with E-state index >= 15 is 0 Å². The number of aliphatic hydroxyl groups is 1. The van der Waals surface area contributed by atoms with Crippen LogP contribution < -0.4 is 0 Å². The summed E-state index contributed by atoms with van der Waals surface area (Å²) >= 11 is 0. The van der Waals surface area contributed by atoms with Gasteiger partial charge in [-0.25, -0.2) is 0 Å². The van der Waals surface area contributed by atoms with Crippen LogP contribution in [-0.4, -0.2) is 11.7 Å². The predicted octanol–water partition coefficient (Wildman–Crippen LogP) is 1.56. The molecular formula is C6H14NdO. The molecule has 1 N–H and O–H groups in total. The molecule has 0 amide bonds. The molecule has 2 heteroatoms. The van der Waals surface area contributed by atoms with E-state index in [-0.39, 0.29) is 40.8 Å². The van der Waals surface area contributed by atoms with Gasteiger partial charge in [0, 0.05) is 47.4 Å². The van der Waals surface area contributed by atoms with E-state index in [1.165, 1.54) is 19.3 Å². The van der Waals surface area contributed by atoms with E-state index < -0.39 is 0 Å². The summed E-state index contributed by atoms with van der Waals surface area (Å²) in [7, 11) is 0. The Hall–Kier alpha value is 1.31. The Labute approximate surface area is 84.4 Å². The van der Waals surface area contributed by atoms with Crippen molar-refractivity contribution >= 4 is 0 Å². The predicted molar refractivity (Wildman–Crippen MR) is 31.2 cm³/mol. The molecule has 0 aromatic carbocycles. The second-order valence-electron chi connectivity index (χ2n) is 1.78. The summed E-state index contributed by atoms with van der Waals surface area (Å²) in [5, 5.41) is 8.29. The fraction of sp³-hybridized carbons (Fsp3) is 1.00. The van der Waals surface area contributed by atoms with Gasteiger partial charge in [-0.05, 0) is 6.42 Å². The van der Waals surface area contributed by atoms with Crippen LogP contribution >= 0.6 is 0 Å². The van der Waals surface area contributed by atoms with Crippen LogP contribution in [-0.2, 0) is 0 Å². The monoisotopic (exact) mass is 244 g/mol. The minimum atomic E-state index is 0. The molecule has 0 saturated heterocycles. The van der Waals surface area contributed by atoms with Gasteiger partial charge in [0.25, 0.3) is 0 Å². The molecule has 0 rings (SSSR count). The van der Waals surface area contributed by atoms with Crippen LogP contribution in [0.25, 0.3) is 0 Å². The number of unbranched alkanes of at least 4 members (excludes halogenated alkanes) is 3. The summed E-state index contributed by atoms with van der Waals surface area (Å²) in [6.07, 6.45) is 4.68. The Morgan fingerprint density at radius 1 is 1.12 bits per heavy atom. The second-order valence-corrected chi connectivity index (χ2v) is 1.78. The summed E-state index contributed by atoms with van der Waals surface area (Å²) in [5.74, 6) is 0. The van der Waals surface area contributed by atoms with Crippen LogP contribution in [0.5, 0.6) is 0 Å². The zero-order chi connectivity index (χ0) is 5.54. The largest absolute Gasteiger partial charge is 0.396 e. The molecular weight excluding hydrogens is 232 g/mol. The first-order valence-corrected chi connectivity index (χ1v) is 3.02. The van der Waals surface area contributed by atoms with Crippen LogP contribution in [0.3, 0.4) is 0 Å². The van der Waals surface area contributed by atoms with Gasteiger partial charge >= 0.3 is 0 Å². The molecule has 0 radical (unpaired) electrons. The molecule has 0 aromatic rings. The Morgan fingerprint density at radius 2 is 1.75 bits per heavy atom. The average Bonchev–Trinajstić information content (AvgIpc) is 1.69.